The van der Waals surface area contributed by atoms with Gasteiger partial charge in [0.1, 0.15) is 6.04 Å². The molecule has 0 spiro atoms. The second kappa shape index (κ2) is 6.74. The fraction of sp³-hybridized carbons (Fsp3) is 0.250. The van der Waals surface area contributed by atoms with Crippen LogP contribution in [0.5, 0.6) is 0 Å². The van der Waals surface area contributed by atoms with Crippen molar-refractivity contribution in [1.29, 1.82) is 0 Å². The summed E-state index contributed by atoms with van der Waals surface area (Å²) in [5.41, 5.74) is 2.80. The quantitative estimate of drug-likeness (QED) is 0.800. The predicted octanol–water partition coefficient (Wildman–Crippen LogP) is 2.28. The Morgan fingerprint density at radius 2 is 2.14 bits per heavy atom. The van der Waals surface area contributed by atoms with Gasteiger partial charge in [0.2, 0.25) is 5.91 Å². The first-order valence-corrected chi connectivity index (χ1v) is 6.88. The van der Waals surface area contributed by atoms with Crippen LogP contribution in [-0.4, -0.2) is 28.3 Å². The zero-order chi connectivity index (χ0) is 15.2. The summed E-state index contributed by atoms with van der Waals surface area (Å²) in [6, 6.07) is 9.54. The molecule has 0 aliphatic carbocycles. The number of carbonyl (C=O) groups is 1. The van der Waals surface area contributed by atoms with E-state index in [1.165, 1.54) is 0 Å². The van der Waals surface area contributed by atoms with E-state index in [2.05, 4.69) is 22.3 Å². The lowest BCUT2D eigenvalue weighted by atomic mass is 10.2. The summed E-state index contributed by atoms with van der Waals surface area (Å²) in [6.07, 6.45) is 3.39. The van der Waals surface area contributed by atoms with Gasteiger partial charge in [0.25, 0.3) is 0 Å². The molecule has 0 aliphatic rings. The zero-order valence-corrected chi connectivity index (χ0v) is 12.3. The van der Waals surface area contributed by atoms with Crippen molar-refractivity contribution in [3.63, 3.8) is 0 Å². The molecule has 2 N–H and O–H groups in total. The molecule has 0 aliphatic heterocycles. The van der Waals surface area contributed by atoms with E-state index in [4.69, 9.17) is 0 Å². The molecule has 0 radical (unpaired) electrons. The topological polar surface area (TPSA) is 59.0 Å². The van der Waals surface area contributed by atoms with E-state index in [1.54, 1.807) is 12.3 Å². The molecule has 5 nitrogen and oxygen atoms in total. The standard InChI is InChI=1S/C16H20N4O/c1-4-10-17-16(21)12(2)19-15-11-18-20(13(15)3)14-8-6-5-7-9-14/h4-9,11-12,19H,1,10H2,2-3H3,(H,17,21)/t12-/m0/s1. The Hall–Kier alpha value is -2.56. The summed E-state index contributed by atoms with van der Waals surface area (Å²) < 4.78 is 1.84. The first kappa shape index (κ1) is 14.8. The van der Waals surface area contributed by atoms with Crippen molar-refractivity contribution in [3.8, 4) is 5.69 Å². The summed E-state index contributed by atoms with van der Waals surface area (Å²) in [7, 11) is 0. The molecule has 21 heavy (non-hydrogen) atoms. The number of carbonyl (C=O) groups excluding carboxylic acids is 1. The molecule has 1 aromatic heterocycles. The molecular weight excluding hydrogens is 264 g/mol. The Balaban J connectivity index is 2.10. The maximum absolute atomic E-state index is 11.8. The third kappa shape index (κ3) is 3.51. The van der Waals surface area contributed by atoms with Gasteiger partial charge in [-0.1, -0.05) is 24.3 Å². The fourth-order valence-electron chi connectivity index (χ4n) is 2.01. The average molecular weight is 284 g/mol. The highest BCUT2D eigenvalue weighted by atomic mass is 16.2. The summed E-state index contributed by atoms with van der Waals surface area (Å²) in [4.78, 5) is 11.8. The van der Waals surface area contributed by atoms with Crippen LogP contribution < -0.4 is 10.6 Å². The van der Waals surface area contributed by atoms with Gasteiger partial charge >= 0.3 is 0 Å². The zero-order valence-electron chi connectivity index (χ0n) is 12.3. The monoisotopic (exact) mass is 284 g/mol. The lowest BCUT2D eigenvalue weighted by Crippen LogP contribution is -2.37. The van der Waals surface area contributed by atoms with Gasteiger partial charge in [-0.3, -0.25) is 4.79 Å². The van der Waals surface area contributed by atoms with Gasteiger partial charge < -0.3 is 10.6 Å². The first-order chi connectivity index (χ1) is 10.1. The lowest BCUT2D eigenvalue weighted by Gasteiger charge is -2.14. The Morgan fingerprint density at radius 3 is 2.81 bits per heavy atom. The van der Waals surface area contributed by atoms with Crippen molar-refractivity contribution in [1.82, 2.24) is 15.1 Å². The second-order valence-electron chi connectivity index (χ2n) is 4.79. The van der Waals surface area contributed by atoms with Crippen LogP contribution in [0.15, 0.2) is 49.2 Å². The third-order valence-electron chi connectivity index (χ3n) is 3.20. The maximum atomic E-state index is 11.8. The molecule has 1 aromatic carbocycles. The van der Waals surface area contributed by atoms with Crippen molar-refractivity contribution in [2.75, 3.05) is 11.9 Å². The van der Waals surface area contributed by atoms with Crippen LogP contribution in [0.2, 0.25) is 0 Å². The molecule has 0 unspecified atom stereocenters. The van der Waals surface area contributed by atoms with Crippen LogP contribution in [0.3, 0.4) is 0 Å². The molecule has 2 aromatic rings. The van der Waals surface area contributed by atoms with Crippen LogP contribution in [0.4, 0.5) is 5.69 Å². The molecular formula is C16H20N4O. The number of anilines is 1. The highest BCUT2D eigenvalue weighted by molar-refractivity contribution is 5.84. The van der Waals surface area contributed by atoms with E-state index in [9.17, 15) is 4.79 Å². The summed E-state index contributed by atoms with van der Waals surface area (Å²) in [5, 5.41) is 10.3. The molecule has 0 saturated heterocycles. The minimum atomic E-state index is -0.336. The van der Waals surface area contributed by atoms with E-state index in [0.29, 0.717) is 6.54 Å². The molecule has 2 rings (SSSR count). The van der Waals surface area contributed by atoms with E-state index < -0.39 is 0 Å². The summed E-state index contributed by atoms with van der Waals surface area (Å²) in [5.74, 6) is -0.0678. The van der Waals surface area contributed by atoms with Crippen LogP contribution in [0, 0.1) is 6.92 Å². The van der Waals surface area contributed by atoms with Crippen LogP contribution in [0.25, 0.3) is 5.69 Å². The number of aromatic nitrogens is 2. The van der Waals surface area contributed by atoms with Gasteiger partial charge in [-0.05, 0) is 26.0 Å². The predicted molar refractivity (Wildman–Crippen MR) is 84.6 cm³/mol. The fourth-order valence-corrected chi connectivity index (χ4v) is 2.01. The molecule has 1 heterocycles. The number of rotatable bonds is 6. The number of hydrogen-bond donors (Lipinski definition) is 2. The van der Waals surface area contributed by atoms with E-state index in [-0.39, 0.29) is 11.9 Å². The van der Waals surface area contributed by atoms with Crippen molar-refractivity contribution < 1.29 is 4.79 Å². The third-order valence-corrected chi connectivity index (χ3v) is 3.20. The molecule has 1 amide bonds. The molecule has 5 heteroatoms. The Bertz CT molecular complexity index is 618. The summed E-state index contributed by atoms with van der Waals surface area (Å²) >= 11 is 0. The van der Waals surface area contributed by atoms with Crippen molar-refractivity contribution >= 4 is 11.6 Å². The highest BCUT2D eigenvalue weighted by Crippen LogP contribution is 2.18. The second-order valence-corrected chi connectivity index (χ2v) is 4.79. The van der Waals surface area contributed by atoms with Gasteiger partial charge in [-0.2, -0.15) is 5.10 Å². The molecule has 110 valence electrons. The molecule has 1 atom stereocenters. The normalized spacial score (nSPS) is 11.7. The van der Waals surface area contributed by atoms with Crippen molar-refractivity contribution in [3.05, 3.63) is 54.9 Å². The van der Waals surface area contributed by atoms with E-state index >= 15 is 0 Å². The molecule has 0 bridgehead atoms. The lowest BCUT2D eigenvalue weighted by molar-refractivity contribution is -0.121. The van der Waals surface area contributed by atoms with Gasteiger partial charge in [-0.25, -0.2) is 4.68 Å². The number of nitrogens with one attached hydrogen (secondary N) is 2. The number of para-hydroxylation sites is 1. The number of benzene rings is 1. The van der Waals surface area contributed by atoms with Crippen LogP contribution >= 0.6 is 0 Å². The van der Waals surface area contributed by atoms with Crippen molar-refractivity contribution in [2.24, 2.45) is 0 Å². The molecule has 0 fully saturated rings. The summed E-state index contributed by atoms with van der Waals surface area (Å²) in [6.45, 7) is 7.83. The van der Waals surface area contributed by atoms with Crippen LogP contribution in [0.1, 0.15) is 12.6 Å². The van der Waals surface area contributed by atoms with E-state index in [0.717, 1.165) is 17.1 Å². The Labute approximate surface area is 124 Å². The molecule has 0 saturated carbocycles. The highest BCUT2D eigenvalue weighted by Gasteiger charge is 2.15. The van der Waals surface area contributed by atoms with Crippen LogP contribution in [-0.2, 0) is 4.79 Å². The first-order valence-electron chi connectivity index (χ1n) is 6.88. The van der Waals surface area contributed by atoms with Gasteiger partial charge in [-0.15, -0.1) is 6.58 Å². The van der Waals surface area contributed by atoms with Gasteiger partial charge in [0.15, 0.2) is 0 Å². The van der Waals surface area contributed by atoms with E-state index in [1.807, 2.05) is 48.9 Å². The maximum Gasteiger partial charge on any atom is 0.242 e. The minimum absolute atomic E-state index is 0.0678. The largest absolute Gasteiger partial charge is 0.371 e. The Morgan fingerprint density at radius 1 is 1.43 bits per heavy atom. The number of amides is 1. The SMILES string of the molecule is C=CCNC(=O)[C@H](C)Nc1cnn(-c2ccccc2)c1C. The minimum Gasteiger partial charge on any atom is -0.371 e. The van der Waals surface area contributed by atoms with Gasteiger partial charge in [0.05, 0.1) is 23.3 Å². The average Bonchev–Trinajstić information content (AvgIpc) is 2.86. The van der Waals surface area contributed by atoms with Crippen molar-refractivity contribution in [2.45, 2.75) is 19.9 Å². The van der Waals surface area contributed by atoms with Gasteiger partial charge in [0, 0.05) is 6.54 Å². The number of hydrogen-bond acceptors (Lipinski definition) is 3. The Kier molecular flexibility index (Phi) is 4.77. The smallest absolute Gasteiger partial charge is 0.242 e. The number of nitrogens with zero attached hydrogens (tertiary/aromatic N) is 2.